The molecule has 2 aromatic carbocycles. The van der Waals surface area contributed by atoms with Crippen molar-refractivity contribution in [2.24, 2.45) is 5.73 Å². The molecule has 0 heterocycles. The number of ether oxygens (including phenoxy) is 4. The van der Waals surface area contributed by atoms with Gasteiger partial charge in [0.1, 0.15) is 29.7 Å². The van der Waals surface area contributed by atoms with Crippen LogP contribution in [0.15, 0.2) is 36.4 Å². The topological polar surface area (TPSA) is 62.9 Å². The highest BCUT2D eigenvalue weighted by atomic mass is 32.1. The maximum Gasteiger partial charge on any atom is 0.171 e. The molecule has 6 heteroatoms. The Labute approximate surface area is 166 Å². The van der Waals surface area contributed by atoms with Crippen LogP contribution in [0.5, 0.6) is 23.0 Å². The van der Waals surface area contributed by atoms with E-state index in [-0.39, 0.29) is 10.4 Å². The predicted molar refractivity (Wildman–Crippen MR) is 112 cm³/mol. The van der Waals surface area contributed by atoms with E-state index in [0.717, 1.165) is 17.1 Å². The summed E-state index contributed by atoms with van der Waals surface area (Å²) in [4.78, 5) is 0.259. The summed E-state index contributed by atoms with van der Waals surface area (Å²) in [6.07, 6.45) is 0. The van der Waals surface area contributed by atoms with Crippen LogP contribution in [0.3, 0.4) is 0 Å². The molecule has 0 radical (unpaired) electrons. The minimum absolute atomic E-state index is 0.0771. The lowest BCUT2D eigenvalue weighted by molar-refractivity contribution is 0.208. The molecule has 0 bridgehead atoms. The molecule has 0 saturated heterocycles. The standard InChI is InChI=1S/C21H27NO4S/c1-21(2,3)16-13-14(23-4)9-10-17(16)25-11-12-26-19-15(20(22)27)7-6-8-18(19)24-5/h6-10,13H,11-12H2,1-5H3,(H2,22,27). The minimum Gasteiger partial charge on any atom is -0.497 e. The van der Waals surface area contributed by atoms with Crippen molar-refractivity contribution in [3.63, 3.8) is 0 Å². The molecule has 2 N–H and O–H groups in total. The molecule has 0 amide bonds. The van der Waals surface area contributed by atoms with E-state index in [9.17, 15) is 0 Å². The van der Waals surface area contributed by atoms with Crippen LogP contribution in [-0.2, 0) is 5.41 Å². The normalized spacial score (nSPS) is 11.0. The zero-order valence-corrected chi connectivity index (χ0v) is 17.3. The highest BCUT2D eigenvalue weighted by Gasteiger charge is 2.20. The maximum atomic E-state index is 5.97. The van der Waals surface area contributed by atoms with Crippen molar-refractivity contribution in [2.75, 3.05) is 27.4 Å². The lowest BCUT2D eigenvalue weighted by Crippen LogP contribution is -2.17. The van der Waals surface area contributed by atoms with Crippen LogP contribution >= 0.6 is 12.2 Å². The highest BCUT2D eigenvalue weighted by molar-refractivity contribution is 7.80. The minimum atomic E-state index is -0.0771. The third-order valence-corrected chi connectivity index (χ3v) is 4.27. The average Bonchev–Trinajstić information content (AvgIpc) is 2.64. The fourth-order valence-electron chi connectivity index (χ4n) is 2.66. The molecule has 27 heavy (non-hydrogen) atoms. The number of hydrogen-bond acceptors (Lipinski definition) is 5. The molecule has 0 spiro atoms. The zero-order chi connectivity index (χ0) is 20.0. The molecular weight excluding hydrogens is 362 g/mol. The lowest BCUT2D eigenvalue weighted by Gasteiger charge is -2.23. The quantitative estimate of drug-likeness (QED) is 0.542. The molecule has 0 aromatic heterocycles. The van der Waals surface area contributed by atoms with Crippen molar-refractivity contribution >= 4 is 17.2 Å². The fourth-order valence-corrected chi connectivity index (χ4v) is 2.82. The van der Waals surface area contributed by atoms with E-state index in [1.807, 2.05) is 30.3 Å². The van der Waals surface area contributed by atoms with Gasteiger partial charge in [-0.3, -0.25) is 0 Å². The molecule has 0 saturated carbocycles. The summed E-state index contributed by atoms with van der Waals surface area (Å²) in [6.45, 7) is 7.09. The average molecular weight is 390 g/mol. The van der Waals surface area contributed by atoms with Gasteiger partial charge in [-0.2, -0.15) is 0 Å². The van der Waals surface area contributed by atoms with Crippen LogP contribution in [0.2, 0.25) is 0 Å². The first kappa shape index (κ1) is 20.8. The van der Waals surface area contributed by atoms with Crippen LogP contribution in [0.4, 0.5) is 0 Å². The summed E-state index contributed by atoms with van der Waals surface area (Å²) in [5.74, 6) is 2.72. The van der Waals surface area contributed by atoms with E-state index in [4.69, 9.17) is 36.9 Å². The third-order valence-electron chi connectivity index (χ3n) is 4.05. The SMILES string of the molecule is COc1ccc(OCCOc2c(OC)cccc2C(N)=S)c(C(C)(C)C)c1. The van der Waals surface area contributed by atoms with Crippen molar-refractivity contribution in [1.29, 1.82) is 0 Å². The van der Waals surface area contributed by atoms with Gasteiger partial charge in [0, 0.05) is 5.56 Å². The van der Waals surface area contributed by atoms with E-state index in [1.54, 1.807) is 20.3 Å². The Kier molecular flexibility index (Phi) is 6.91. The summed E-state index contributed by atoms with van der Waals surface area (Å²) in [5, 5.41) is 0. The predicted octanol–water partition coefficient (Wildman–Crippen LogP) is 4.09. The number of thiocarbonyl (C=S) groups is 1. The van der Waals surface area contributed by atoms with Crippen LogP contribution in [0, 0.1) is 0 Å². The van der Waals surface area contributed by atoms with E-state index >= 15 is 0 Å². The molecule has 0 aliphatic heterocycles. The summed E-state index contributed by atoms with van der Waals surface area (Å²) in [5.41, 5.74) is 7.42. The first-order chi connectivity index (χ1) is 12.8. The number of para-hydroxylation sites is 1. The molecule has 146 valence electrons. The second-order valence-corrected chi connectivity index (χ2v) is 7.45. The number of methoxy groups -OCH3 is 2. The van der Waals surface area contributed by atoms with Crippen LogP contribution in [0.1, 0.15) is 31.9 Å². The Bertz CT molecular complexity index is 799. The van der Waals surface area contributed by atoms with Crippen LogP contribution < -0.4 is 24.7 Å². The summed E-state index contributed by atoms with van der Waals surface area (Å²) in [7, 11) is 3.23. The summed E-state index contributed by atoms with van der Waals surface area (Å²) in [6, 6.07) is 11.2. The van der Waals surface area contributed by atoms with Crippen molar-refractivity contribution in [3.8, 4) is 23.0 Å². The van der Waals surface area contributed by atoms with Gasteiger partial charge in [-0.15, -0.1) is 0 Å². The van der Waals surface area contributed by atoms with Crippen molar-refractivity contribution in [1.82, 2.24) is 0 Å². The lowest BCUT2D eigenvalue weighted by atomic mass is 9.86. The van der Waals surface area contributed by atoms with Gasteiger partial charge in [-0.25, -0.2) is 0 Å². The Morgan fingerprint density at radius 1 is 0.963 bits per heavy atom. The van der Waals surface area contributed by atoms with Crippen molar-refractivity contribution in [2.45, 2.75) is 26.2 Å². The molecule has 0 aliphatic carbocycles. The number of hydrogen-bond donors (Lipinski definition) is 1. The van der Waals surface area contributed by atoms with Crippen molar-refractivity contribution < 1.29 is 18.9 Å². The Balaban J connectivity index is 2.09. The van der Waals surface area contributed by atoms with Gasteiger partial charge < -0.3 is 24.7 Å². The van der Waals surface area contributed by atoms with Gasteiger partial charge in [0.05, 0.1) is 19.8 Å². The highest BCUT2D eigenvalue weighted by Crippen LogP contribution is 2.34. The monoisotopic (exact) mass is 389 g/mol. The van der Waals surface area contributed by atoms with Crippen LogP contribution in [-0.4, -0.2) is 32.4 Å². The molecule has 2 aromatic rings. The Morgan fingerprint density at radius 3 is 2.26 bits per heavy atom. The van der Waals surface area contributed by atoms with Gasteiger partial charge >= 0.3 is 0 Å². The molecular formula is C21H27NO4S. The zero-order valence-electron chi connectivity index (χ0n) is 16.5. The fraction of sp³-hybridized carbons (Fsp3) is 0.381. The summed E-state index contributed by atoms with van der Waals surface area (Å²) < 4.78 is 22.5. The number of benzene rings is 2. The number of rotatable bonds is 8. The Morgan fingerprint density at radius 2 is 1.67 bits per heavy atom. The van der Waals surface area contributed by atoms with Gasteiger partial charge in [-0.1, -0.05) is 39.1 Å². The van der Waals surface area contributed by atoms with E-state index in [0.29, 0.717) is 30.3 Å². The molecule has 2 rings (SSSR count). The largest absolute Gasteiger partial charge is 0.497 e. The molecule has 0 atom stereocenters. The molecule has 5 nitrogen and oxygen atoms in total. The van der Waals surface area contributed by atoms with Gasteiger partial charge in [0.2, 0.25) is 0 Å². The van der Waals surface area contributed by atoms with Gasteiger partial charge in [0.15, 0.2) is 11.5 Å². The summed E-state index contributed by atoms with van der Waals surface area (Å²) >= 11 is 5.09. The van der Waals surface area contributed by atoms with Gasteiger partial charge in [0.25, 0.3) is 0 Å². The first-order valence-electron chi connectivity index (χ1n) is 8.69. The van der Waals surface area contributed by atoms with Crippen molar-refractivity contribution in [3.05, 3.63) is 47.5 Å². The third kappa shape index (κ3) is 5.26. The van der Waals surface area contributed by atoms with E-state index in [2.05, 4.69) is 20.8 Å². The maximum absolute atomic E-state index is 5.97. The molecule has 0 fully saturated rings. The smallest absolute Gasteiger partial charge is 0.171 e. The number of nitrogens with two attached hydrogens (primary N) is 1. The second-order valence-electron chi connectivity index (χ2n) is 7.01. The molecule has 0 unspecified atom stereocenters. The second kappa shape index (κ2) is 8.95. The Hall–Kier alpha value is -2.47. The molecule has 0 aliphatic rings. The van der Waals surface area contributed by atoms with E-state index in [1.165, 1.54) is 0 Å². The van der Waals surface area contributed by atoms with Crippen LogP contribution in [0.25, 0.3) is 0 Å². The van der Waals surface area contributed by atoms with E-state index < -0.39 is 0 Å². The van der Waals surface area contributed by atoms with Gasteiger partial charge in [-0.05, 0) is 35.7 Å². The first-order valence-corrected chi connectivity index (χ1v) is 9.09.